The minimum Gasteiger partial charge on any atom is -0.481 e. The van der Waals surface area contributed by atoms with E-state index < -0.39 is 5.97 Å². The van der Waals surface area contributed by atoms with E-state index in [1.165, 1.54) is 6.33 Å². The summed E-state index contributed by atoms with van der Waals surface area (Å²) in [5.74, 6) is -0.216. The number of aromatic nitrogens is 2. The van der Waals surface area contributed by atoms with E-state index in [0.717, 1.165) is 17.1 Å². The van der Waals surface area contributed by atoms with Crippen LogP contribution in [0.4, 0.5) is 5.82 Å². The summed E-state index contributed by atoms with van der Waals surface area (Å²) in [6, 6.07) is 3.91. The second-order valence-corrected chi connectivity index (χ2v) is 4.99. The lowest BCUT2D eigenvalue weighted by Gasteiger charge is -2.37. The van der Waals surface area contributed by atoms with Crippen molar-refractivity contribution in [3.8, 4) is 11.3 Å². The lowest BCUT2D eigenvalue weighted by atomic mass is 10.0. The minimum absolute atomic E-state index is 0.274. The number of hydrogen-bond donors (Lipinski definition) is 1. The van der Waals surface area contributed by atoms with Gasteiger partial charge in [-0.15, -0.1) is 0 Å². The highest BCUT2D eigenvalue weighted by molar-refractivity contribution is 7.08. The average Bonchev–Trinajstić information content (AvgIpc) is 2.80. The topological polar surface area (TPSA) is 66.3 Å². The molecule has 1 N–H and O–H groups in total. The highest BCUT2D eigenvalue weighted by Crippen LogP contribution is 2.26. The van der Waals surface area contributed by atoms with Crippen LogP contribution < -0.4 is 4.90 Å². The van der Waals surface area contributed by atoms with Gasteiger partial charge in [0, 0.05) is 30.1 Å². The molecule has 0 atom stereocenters. The van der Waals surface area contributed by atoms with Crippen molar-refractivity contribution in [1.29, 1.82) is 0 Å². The van der Waals surface area contributed by atoms with Crippen molar-refractivity contribution in [2.45, 2.75) is 0 Å². The third kappa shape index (κ3) is 1.95. The summed E-state index contributed by atoms with van der Waals surface area (Å²) in [5, 5.41) is 12.9. The molecule has 0 saturated carbocycles. The quantitative estimate of drug-likeness (QED) is 0.911. The van der Waals surface area contributed by atoms with Gasteiger partial charge in [0.2, 0.25) is 0 Å². The minimum atomic E-state index is -0.738. The van der Waals surface area contributed by atoms with E-state index in [2.05, 4.69) is 9.97 Å². The van der Waals surface area contributed by atoms with Gasteiger partial charge in [-0.1, -0.05) is 0 Å². The molecule has 3 heterocycles. The Kier molecular flexibility index (Phi) is 2.71. The molecule has 6 heteroatoms. The Balaban J connectivity index is 1.79. The predicted octanol–water partition coefficient (Wildman–Crippen LogP) is 1.73. The van der Waals surface area contributed by atoms with E-state index in [1.807, 2.05) is 27.8 Å². The molecule has 0 spiro atoms. The van der Waals surface area contributed by atoms with E-state index in [9.17, 15) is 4.79 Å². The second kappa shape index (κ2) is 4.38. The molecule has 3 rings (SSSR count). The molecule has 2 aromatic heterocycles. The van der Waals surface area contributed by atoms with Gasteiger partial charge in [-0.3, -0.25) is 4.79 Å². The normalized spacial score (nSPS) is 15.4. The van der Waals surface area contributed by atoms with E-state index >= 15 is 0 Å². The molecule has 1 fully saturated rings. The van der Waals surface area contributed by atoms with Crippen LogP contribution in [-0.4, -0.2) is 34.1 Å². The Hall–Kier alpha value is -1.95. The molecule has 0 bridgehead atoms. The first-order chi connectivity index (χ1) is 8.74. The van der Waals surface area contributed by atoms with Crippen LogP contribution >= 0.6 is 11.3 Å². The number of carboxylic acids is 1. The molecule has 0 aromatic carbocycles. The summed E-state index contributed by atoms with van der Waals surface area (Å²) in [6.45, 7) is 1.05. The number of rotatable bonds is 3. The molecule has 1 aliphatic heterocycles. The number of aliphatic carboxylic acids is 1. The SMILES string of the molecule is O=C(O)C1CN(c2cc(-c3ccsc3)ncn2)C1. The summed E-state index contributed by atoms with van der Waals surface area (Å²) < 4.78 is 0. The summed E-state index contributed by atoms with van der Waals surface area (Å²) in [6.07, 6.45) is 1.52. The maximum atomic E-state index is 10.8. The van der Waals surface area contributed by atoms with Gasteiger partial charge in [-0.2, -0.15) is 11.3 Å². The largest absolute Gasteiger partial charge is 0.481 e. The number of nitrogens with zero attached hydrogens (tertiary/aromatic N) is 3. The van der Waals surface area contributed by atoms with Crippen molar-refractivity contribution in [3.05, 3.63) is 29.2 Å². The molecular formula is C12H11N3O2S. The predicted molar refractivity (Wildman–Crippen MR) is 68.7 cm³/mol. The first-order valence-corrected chi connectivity index (χ1v) is 6.50. The first kappa shape index (κ1) is 11.2. The lowest BCUT2D eigenvalue weighted by molar-refractivity contribution is -0.142. The molecule has 0 radical (unpaired) electrons. The van der Waals surface area contributed by atoms with E-state index in [0.29, 0.717) is 13.1 Å². The van der Waals surface area contributed by atoms with Crippen molar-refractivity contribution in [2.75, 3.05) is 18.0 Å². The third-order valence-electron chi connectivity index (χ3n) is 3.02. The Morgan fingerprint density at radius 3 is 2.94 bits per heavy atom. The van der Waals surface area contributed by atoms with Crippen LogP contribution in [0.25, 0.3) is 11.3 Å². The van der Waals surface area contributed by atoms with Gasteiger partial charge in [0.15, 0.2) is 0 Å². The molecule has 0 amide bonds. The number of carboxylic acid groups (broad SMARTS) is 1. The van der Waals surface area contributed by atoms with Gasteiger partial charge in [-0.25, -0.2) is 9.97 Å². The fraction of sp³-hybridized carbons (Fsp3) is 0.250. The van der Waals surface area contributed by atoms with Crippen LogP contribution in [0.15, 0.2) is 29.2 Å². The number of hydrogen-bond acceptors (Lipinski definition) is 5. The maximum absolute atomic E-state index is 10.8. The highest BCUT2D eigenvalue weighted by Gasteiger charge is 2.33. The number of anilines is 1. The van der Waals surface area contributed by atoms with E-state index in [1.54, 1.807) is 11.3 Å². The second-order valence-electron chi connectivity index (χ2n) is 4.21. The van der Waals surface area contributed by atoms with Crippen molar-refractivity contribution in [3.63, 3.8) is 0 Å². The maximum Gasteiger partial charge on any atom is 0.310 e. The summed E-state index contributed by atoms with van der Waals surface area (Å²) in [7, 11) is 0. The Morgan fingerprint density at radius 2 is 2.28 bits per heavy atom. The smallest absolute Gasteiger partial charge is 0.310 e. The number of carbonyl (C=O) groups is 1. The van der Waals surface area contributed by atoms with Crippen LogP contribution in [0, 0.1) is 5.92 Å². The van der Waals surface area contributed by atoms with Crippen molar-refractivity contribution < 1.29 is 9.90 Å². The molecule has 0 unspecified atom stereocenters. The Morgan fingerprint density at radius 1 is 1.44 bits per heavy atom. The fourth-order valence-electron chi connectivity index (χ4n) is 1.91. The molecule has 2 aromatic rings. The molecule has 5 nitrogen and oxygen atoms in total. The fourth-order valence-corrected chi connectivity index (χ4v) is 2.56. The monoisotopic (exact) mass is 261 g/mol. The molecule has 1 aliphatic rings. The number of thiophene rings is 1. The van der Waals surface area contributed by atoms with Crippen molar-refractivity contribution in [2.24, 2.45) is 5.92 Å². The van der Waals surface area contributed by atoms with Crippen LogP contribution in [0.1, 0.15) is 0 Å². The van der Waals surface area contributed by atoms with Gasteiger partial charge in [0.1, 0.15) is 12.1 Å². The van der Waals surface area contributed by atoms with Gasteiger partial charge in [0.05, 0.1) is 11.6 Å². The highest BCUT2D eigenvalue weighted by atomic mass is 32.1. The molecule has 92 valence electrons. The molecular weight excluding hydrogens is 250 g/mol. The van der Waals surface area contributed by atoms with Crippen LogP contribution in [-0.2, 0) is 4.79 Å². The molecule has 18 heavy (non-hydrogen) atoms. The van der Waals surface area contributed by atoms with Gasteiger partial charge < -0.3 is 10.0 Å². The Bertz CT molecular complexity index is 564. The van der Waals surface area contributed by atoms with Gasteiger partial charge in [0.25, 0.3) is 0 Å². The molecule has 1 saturated heterocycles. The third-order valence-corrected chi connectivity index (χ3v) is 3.71. The van der Waals surface area contributed by atoms with Gasteiger partial charge >= 0.3 is 5.97 Å². The van der Waals surface area contributed by atoms with Crippen LogP contribution in [0.5, 0.6) is 0 Å². The standard InChI is InChI=1S/C12H11N3O2S/c16-12(17)9-4-15(5-9)11-3-10(13-7-14-11)8-1-2-18-6-8/h1-3,6-7,9H,4-5H2,(H,16,17). The van der Waals surface area contributed by atoms with Crippen molar-refractivity contribution in [1.82, 2.24) is 9.97 Å². The summed E-state index contributed by atoms with van der Waals surface area (Å²) in [5.41, 5.74) is 1.94. The zero-order chi connectivity index (χ0) is 12.5. The van der Waals surface area contributed by atoms with Crippen LogP contribution in [0.3, 0.4) is 0 Å². The van der Waals surface area contributed by atoms with E-state index in [4.69, 9.17) is 5.11 Å². The summed E-state index contributed by atoms with van der Waals surface area (Å²) >= 11 is 1.62. The molecule has 0 aliphatic carbocycles. The average molecular weight is 261 g/mol. The van der Waals surface area contributed by atoms with E-state index in [-0.39, 0.29) is 5.92 Å². The van der Waals surface area contributed by atoms with Crippen LogP contribution in [0.2, 0.25) is 0 Å². The Labute approximate surface area is 108 Å². The zero-order valence-corrected chi connectivity index (χ0v) is 10.3. The van der Waals surface area contributed by atoms with Gasteiger partial charge in [-0.05, 0) is 11.4 Å². The zero-order valence-electron chi connectivity index (χ0n) is 9.48. The van der Waals surface area contributed by atoms with Crippen molar-refractivity contribution >= 4 is 23.1 Å². The first-order valence-electron chi connectivity index (χ1n) is 5.56. The lowest BCUT2D eigenvalue weighted by Crippen LogP contribution is -2.50. The summed E-state index contributed by atoms with van der Waals surface area (Å²) in [4.78, 5) is 21.1.